The number of anilines is 1. The monoisotopic (exact) mass is 419 g/mol. The van der Waals surface area contributed by atoms with Crippen LogP contribution in [-0.2, 0) is 4.79 Å². The van der Waals surface area contributed by atoms with Crippen LogP contribution in [0.5, 0.6) is 0 Å². The highest BCUT2D eigenvalue weighted by atomic mass is 32.1. The summed E-state index contributed by atoms with van der Waals surface area (Å²) in [6, 6.07) is 16.3. The summed E-state index contributed by atoms with van der Waals surface area (Å²) in [6.45, 7) is 1.27. The molecular formula is C22H17N3O4S. The van der Waals surface area contributed by atoms with E-state index in [0.717, 1.165) is 21.3 Å². The molecule has 2 N–H and O–H groups in total. The Morgan fingerprint density at radius 2 is 1.87 bits per heavy atom. The van der Waals surface area contributed by atoms with Crippen LogP contribution in [0.2, 0.25) is 0 Å². The number of hydrogen-bond donors (Lipinski definition) is 2. The Labute approximate surface area is 176 Å². The predicted molar refractivity (Wildman–Crippen MR) is 116 cm³/mol. The number of ketones is 1. The van der Waals surface area contributed by atoms with Gasteiger partial charge in [-0.1, -0.05) is 12.1 Å². The van der Waals surface area contributed by atoms with E-state index in [1.165, 1.54) is 18.5 Å². The number of nitrogens with one attached hydrogen (secondary N) is 1. The molecule has 4 aromatic rings. The van der Waals surface area contributed by atoms with Crippen LogP contribution in [0, 0.1) is 0 Å². The van der Waals surface area contributed by atoms with Crippen molar-refractivity contribution in [3.8, 4) is 11.3 Å². The molecule has 7 nitrogen and oxygen atoms in total. The number of carboxylic acid groups (broad SMARTS) is 1. The lowest BCUT2D eigenvalue weighted by Gasteiger charge is -2.08. The van der Waals surface area contributed by atoms with Gasteiger partial charge in [-0.25, -0.2) is 0 Å². The van der Waals surface area contributed by atoms with Crippen LogP contribution in [0.15, 0.2) is 67.0 Å². The van der Waals surface area contributed by atoms with Crippen molar-refractivity contribution in [1.29, 1.82) is 0 Å². The second kappa shape index (κ2) is 9.53. The van der Waals surface area contributed by atoms with Gasteiger partial charge in [-0.3, -0.25) is 19.4 Å². The van der Waals surface area contributed by atoms with Gasteiger partial charge in [0.1, 0.15) is 0 Å². The van der Waals surface area contributed by atoms with E-state index in [2.05, 4.69) is 14.7 Å². The van der Waals surface area contributed by atoms with Crippen LogP contribution in [0.25, 0.3) is 21.3 Å². The SMILES string of the molecule is CC(=O)c1ccnc(-c2cccc(C(=O)Nc3ccc4sncc4c3)c2)c1.O=CO. The Morgan fingerprint density at radius 1 is 1.07 bits per heavy atom. The summed E-state index contributed by atoms with van der Waals surface area (Å²) in [4.78, 5) is 36.9. The van der Waals surface area contributed by atoms with Gasteiger partial charge in [-0.2, -0.15) is 4.37 Å². The Kier molecular flexibility index (Phi) is 6.61. The second-order valence-electron chi connectivity index (χ2n) is 6.20. The molecule has 0 aliphatic carbocycles. The lowest BCUT2D eigenvalue weighted by atomic mass is 10.0. The third kappa shape index (κ3) is 4.92. The van der Waals surface area contributed by atoms with Crippen LogP contribution in [0.4, 0.5) is 5.69 Å². The Hall–Kier alpha value is -3.91. The topological polar surface area (TPSA) is 109 Å². The van der Waals surface area contributed by atoms with Crippen molar-refractivity contribution in [2.24, 2.45) is 0 Å². The van der Waals surface area contributed by atoms with Gasteiger partial charge >= 0.3 is 0 Å². The molecule has 0 saturated heterocycles. The molecule has 0 saturated carbocycles. The fraction of sp³-hybridized carbons (Fsp3) is 0.0455. The number of fused-ring (bicyclic) bond motifs is 1. The smallest absolute Gasteiger partial charge is 0.290 e. The highest BCUT2D eigenvalue weighted by molar-refractivity contribution is 7.13. The van der Waals surface area contributed by atoms with E-state index in [9.17, 15) is 9.59 Å². The maximum Gasteiger partial charge on any atom is 0.290 e. The highest BCUT2D eigenvalue weighted by Crippen LogP contribution is 2.23. The summed E-state index contributed by atoms with van der Waals surface area (Å²) in [5.41, 5.74) is 3.26. The molecule has 2 aromatic heterocycles. The third-order valence-corrected chi connectivity index (χ3v) is 4.98. The Bertz CT molecular complexity index is 1220. The third-order valence-electron chi connectivity index (χ3n) is 4.20. The zero-order valence-electron chi connectivity index (χ0n) is 15.9. The number of rotatable bonds is 4. The van der Waals surface area contributed by atoms with Crippen molar-refractivity contribution in [3.05, 3.63) is 78.1 Å². The zero-order chi connectivity index (χ0) is 21.5. The molecule has 2 heterocycles. The van der Waals surface area contributed by atoms with E-state index in [-0.39, 0.29) is 18.2 Å². The lowest BCUT2D eigenvalue weighted by molar-refractivity contribution is -0.122. The maximum absolute atomic E-state index is 12.6. The van der Waals surface area contributed by atoms with Crippen molar-refractivity contribution < 1.29 is 19.5 Å². The minimum Gasteiger partial charge on any atom is -0.483 e. The number of nitrogens with zero attached hydrogens (tertiary/aromatic N) is 2. The standard InChI is InChI=1S/C21H15N3O2S.CH2O2/c1-13(25)14-7-8-22-19(11-14)15-3-2-4-16(9-15)21(26)24-18-5-6-20-17(10-18)12-23-27-20;2-1-3/h2-12H,1H3,(H,24,26);1H,(H,2,3). The van der Waals surface area contributed by atoms with E-state index in [1.807, 2.05) is 24.3 Å². The van der Waals surface area contributed by atoms with Crippen molar-refractivity contribution in [1.82, 2.24) is 9.36 Å². The number of carbonyl (C=O) groups excluding carboxylic acids is 2. The average Bonchev–Trinajstić information content (AvgIpc) is 3.22. The number of benzene rings is 2. The Balaban J connectivity index is 0.000000806. The first kappa shape index (κ1) is 20.8. The molecule has 1 amide bonds. The van der Waals surface area contributed by atoms with Crippen LogP contribution in [-0.4, -0.2) is 32.6 Å². The molecule has 30 heavy (non-hydrogen) atoms. The van der Waals surface area contributed by atoms with E-state index >= 15 is 0 Å². The van der Waals surface area contributed by atoms with E-state index < -0.39 is 0 Å². The van der Waals surface area contributed by atoms with Crippen LogP contribution in [0.1, 0.15) is 27.6 Å². The summed E-state index contributed by atoms with van der Waals surface area (Å²) in [7, 11) is 0. The summed E-state index contributed by atoms with van der Waals surface area (Å²) in [6.07, 6.45) is 3.38. The number of amides is 1. The summed E-state index contributed by atoms with van der Waals surface area (Å²) in [5, 5.41) is 10.8. The number of pyridine rings is 1. The molecule has 0 aliphatic heterocycles. The van der Waals surface area contributed by atoms with Crippen LogP contribution < -0.4 is 5.32 Å². The molecule has 0 unspecified atom stereocenters. The van der Waals surface area contributed by atoms with E-state index in [4.69, 9.17) is 9.90 Å². The van der Waals surface area contributed by atoms with Crippen molar-refractivity contribution in [3.63, 3.8) is 0 Å². The summed E-state index contributed by atoms with van der Waals surface area (Å²) in [5.74, 6) is -0.229. The highest BCUT2D eigenvalue weighted by Gasteiger charge is 2.10. The lowest BCUT2D eigenvalue weighted by Crippen LogP contribution is -2.11. The molecule has 0 radical (unpaired) electrons. The van der Waals surface area contributed by atoms with E-state index in [1.54, 1.807) is 42.7 Å². The van der Waals surface area contributed by atoms with Gasteiger partial charge in [0.05, 0.1) is 10.4 Å². The minimum atomic E-state index is -0.250. The van der Waals surface area contributed by atoms with Gasteiger partial charge in [-0.05, 0) is 60.9 Å². The van der Waals surface area contributed by atoms with Gasteiger partial charge in [0.15, 0.2) is 5.78 Å². The molecule has 4 rings (SSSR count). The maximum atomic E-state index is 12.6. The first-order valence-corrected chi connectivity index (χ1v) is 9.60. The van der Waals surface area contributed by atoms with Crippen molar-refractivity contribution in [2.75, 3.05) is 5.32 Å². The zero-order valence-corrected chi connectivity index (χ0v) is 16.7. The van der Waals surface area contributed by atoms with Crippen molar-refractivity contribution >= 4 is 45.5 Å². The fourth-order valence-electron chi connectivity index (χ4n) is 2.78. The molecule has 150 valence electrons. The van der Waals surface area contributed by atoms with Crippen LogP contribution >= 0.6 is 11.5 Å². The van der Waals surface area contributed by atoms with Gasteiger partial charge in [0, 0.05) is 40.2 Å². The number of Topliss-reactive ketones (excluding diaryl/α,β-unsaturated/α-hetero) is 1. The van der Waals surface area contributed by atoms with Gasteiger partial charge < -0.3 is 10.4 Å². The number of aromatic nitrogens is 2. The molecule has 0 bridgehead atoms. The first-order chi connectivity index (χ1) is 14.5. The predicted octanol–water partition coefficient (Wildman–Crippen LogP) is 4.51. The van der Waals surface area contributed by atoms with Gasteiger partial charge in [-0.15, -0.1) is 0 Å². The molecule has 8 heteroatoms. The van der Waals surface area contributed by atoms with Gasteiger partial charge in [0.25, 0.3) is 12.4 Å². The molecule has 2 aromatic carbocycles. The molecule has 0 aliphatic rings. The minimum absolute atomic E-state index is 0.0224. The number of carbonyl (C=O) groups is 3. The summed E-state index contributed by atoms with van der Waals surface area (Å²) < 4.78 is 5.22. The molecule has 0 fully saturated rings. The van der Waals surface area contributed by atoms with Crippen LogP contribution in [0.3, 0.4) is 0 Å². The van der Waals surface area contributed by atoms with Crippen molar-refractivity contribution in [2.45, 2.75) is 6.92 Å². The first-order valence-electron chi connectivity index (χ1n) is 8.83. The molecular weight excluding hydrogens is 402 g/mol. The van der Waals surface area contributed by atoms with E-state index in [0.29, 0.717) is 16.8 Å². The largest absolute Gasteiger partial charge is 0.483 e. The summed E-state index contributed by atoms with van der Waals surface area (Å²) >= 11 is 1.42. The molecule has 0 atom stereocenters. The van der Waals surface area contributed by atoms with Gasteiger partial charge in [0.2, 0.25) is 0 Å². The molecule has 0 spiro atoms. The normalized spacial score (nSPS) is 10.0. The Morgan fingerprint density at radius 3 is 2.63 bits per heavy atom. The quantitative estimate of drug-likeness (QED) is 0.372. The fourth-order valence-corrected chi connectivity index (χ4v) is 3.41. The number of hydrogen-bond acceptors (Lipinski definition) is 6. The average molecular weight is 419 g/mol. The second-order valence-corrected chi connectivity index (χ2v) is 7.04.